The van der Waals surface area contributed by atoms with E-state index < -0.39 is 0 Å². The fraction of sp³-hybridized carbons (Fsp3) is 0.562. The number of aryl methyl sites for hydroxylation is 1. The lowest BCUT2D eigenvalue weighted by Crippen LogP contribution is -2.28. The number of nitrogens with zero attached hydrogens (tertiary/aromatic N) is 1. The number of carbonyl (C=O) groups excluding carboxylic acids is 1. The Labute approximate surface area is 120 Å². The van der Waals surface area contributed by atoms with E-state index in [0.717, 1.165) is 12.8 Å². The van der Waals surface area contributed by atoms with Crippen LogP contribution in [0.25, 0.3) is 0 Å². The van der Waals surface area contributed by atoms with Crippen molar-refractivity contribution in [3.63, 3.8) is 0 Å². The van der Waals surface area contributed by atoms with Gasteiger partial charge in [-0.3, -0.25) is 4.79 Å². The fourth-order valence-electron chi connectivity index (χ4n) is 2.49. The minimum absolute atomic E-state index is 0.149. The van der Waals surface area contributed by atoms with Crippen LogP contribution in [0.3, 0.4) is 0 Å². The van der Waals surface area contributed by atoms with Crippen molar-refractivity contribution >= 4 is 17.2 Å². The van der Waals surface area contributed by atoms with E-state index in [4.69, 9.17) is 0 Å². The van der Waals surface area contributed by atoms with Crippen LogP contribution in [0.15, 0.2) is 23.8 Å². The van der Waals surface area contributed by atoms with E-state index in [9.17, 15) is 4.79 Å². The minimum atomic E-state index is 0.149. The maximum absolute atomic E-state index is 12.3. The Morgan fingerprint density at radius 3 is 2.58 bits per heavy atom. The molecule has 0 radical (unpaired) electrons. The second-order valence-electron chi connectivity index (χ2n) is 5.44. The van der Waals surface area contributed by atoms with Crippen LogP contribution in [0.1, 0.15) is 54.8 Å². The second-order valence-corrected chi connectivity index (χ2v) is 6.76. The van der Waals surface area contributed by atoms with Gasteiger partial charge < -0.3 is 4.90 Å². The van der Waals surface area contributed by atoms with Gasteiger partial charge in [0.2, 0.25) is 5.91 Å². The zero-order chi connectivity index (χ0) is 13.8. The van der Waals surface area contributed by atoms with Gasteiger partial charge in [0.25, 0.3) is 0 Å². The van der Waals surface area contributed by atoms with Gasteiger partial charge in [-0.2, -0.15) is 0 Å². The smallest absolute Gasteiger partial charge is 0.246 e. The summed E-state index contributed by atoms with van der Waals surface area (Å²) in [6, 6.07) is 4.41. The first kappa shape index (κ1) is 14.3. The number of likely N-dealkylation sites (N-methyl/N-ethyl adjacent to an activating group) is 1. The molecule has 1 aromatic heterocycles. The Hall–Kier alpha value is -1.09. The Balaban J connectivity index is 2.02. The molecule has 3 heteroatoms. The van der Waals surface area contributed by atoms with Crippen molar-refractivity contribution in [3.05, 3.63) is 33.5 Å². The van der Waals surface area contributed by atoms with Crippen molar-refractivity contribution in [1.82, 2.24) is 4.90 Å². The molecule has 1 amide bonds. The molecule has 1 aromatic rings. The van der Waals surface area contributed by atoms with Crippen LogP contribution in [0.2, 0.25) is 0 Å². The number of carbonyl (C=O) groups is 1. The maximum Gasteiger partial charge on any atom is 0.246 e. The third-order valence-corrected chi connectivity index (χ3v) is 5.10. The first-order chi connectivity index (χ1) is 9.08. The molecule has 0 saturated heterocycles. The number of rotatable bonds is 3. The Morgan fingerprint density at radius 1 is 1.32 bits per heavy atom. The van der Waals surface area contributed by atoms with E-state index in [2.05, 4.69) is 26.0 Å². The number of amides is 1. The average Bonchev–Trinajstić information content (AvgIpc) is 2.85. The molecule has 2 rings (SSSR count). The highest BCUT2D eigenvalue weighted by molar-refractivity contribution is 7.12. The number of allylic oxidation sites excluding steroid dienone is 1. The van der Waals surface area contributed by atoms with Gasteiger partial charge in [0.05, 0.1) is 6.04 Å². The second kappa shape index (κ2) is 6.38. The molecule has 1 fully saturated rings. The third kappa shape index (κ3) is 3.69. The molecule has 1 atom stereocenters. The van der Waals surface area contributed by atoms with Gasteiger partial charge in [-0.05, 0) is 51.7 Å². The lowest BCUT2D eigenvalue weighted by atomic mass is 9.94. The van der Waals surface area contributed by atoms with E-state index in [1.165, 1.54) is 34.6 Å². The van der Waals surface area contributed by atoms with Crippen molar-refractivity contribution in [2.24, 2.45) is 0 Å². The molecular weight excluding hydrogens is 254 g/mol. The maximum atomic E-state index is 12.3. The molecule has 1 aliphatic carbocycles. The van der Waals surface area contributed by atoms with Crippen LogP contribution >= 0.6 is 11.3 Å². The highest BCUT2D eigenvalue weighted by Gasteiger charge is 2.18. The van der Waals surface area contributed by atoms with Crippen LogP contribution in [0, 0.1) is 6.92 Å². The van der Waals surface area contributed by atoms with Crippen LogP contribution in [-0.4, -0.2) is 17.9 Å². The predicted molar refractivity (Wildman–Crippen MR) is 81.4 cm³/mol. The summed E-state index contributed by atoms with van der Waals surface area (Å²) in [6.07, 6.45) is 7.87. The first-order valence-electron chi connectivity index (χ1n) is 7.10. The van der Waals surface area contributed by atoms with E-state index in [0.29, 0.717) is 0 Å². The van der Waals surface area contributed by atoms with E-state index in [1.54, 1.807) is 11.3 Å². The Kier molecular flexibility index (Phi) is 4.81. The highest BCUT2D eigenvalue weighted by atomic mass is 32.1. The number of hydrogen-bond donors (Lipinski definition) is 0. The van der Waals surface area contributed by atoms with Gasteiger partial charge in [-0.1, -0.05) is 12.0 Å². The van der Waals surface area contributed by atoms with Gasteiger partial charge in [-0.25, -0.2) is 0 Å². The minimum Gasteiger partial charge on any atom is -0.335 e. The van der Waals surface area contributed by atoms with Crippen molar-refractivity contribution in [2.75, 3.05) is 7.05 Å². The Morgan fingerprint density at radius 2 is 2.00 bits per heavy atom. The summed E-state index contributed by atoms with van der Waals surface area (Å²) < 4.78 is 0. The summed E-state index contributed by atoms with van der Waals surface area (Å²) in [5.41, 5.74) is 1.33. The molecular formula is C16H23NOS. The molecule has 0 aromatic carbocycles. The van der Waals surface area contributed by atoms with Crippen molar-refractivity contribution in [3.8, 4) is 0 Å². The molecule has 104 valence electrons. The molecule has 2 nitrogen and oxygen atoms in total. The molecule has 0 N–H and O–H groups in total. The lowest BCUT2D eigenvalue weighted by Gasteiger charge is -2.24. The topological polar surface area (TPSA) is 20.3 Å². The van der Waals surface area contributed by atoms with Crippen LogP contribution < -0.4 is 0 Å². The van der Waals surface area contributed by atoms with Crippen molar-refractivity contribution < 1.29 is 4.79 Å². The molecule has 0 bridgehead atoms. The van der Waals surface area contributed by atoms with Crippen LogP contribution in [0.5, 0.6) is 0 Å². The van der Waals surface area contributed by atoms with Crippen LogP contribution in [0.4, 0.5) is 0 Å². The van der Waals surface area contributed by atoms with E-state index in [1.807, 2.05) is 18.0 Å². The van der Waals surface area contributed by atoms with E-state index >= 15 is 0 Å². The summed E-state index contributed by atoms with van der Waals surface area (Å²) in [7, 11) is 1.90. The molecule has 19 heavy (non-hydrogen) atoms. The standard InChI is InChI=1S/C16H23NOS/c1-12-9-10-15(19-12)13(2)17(3)16(18)11-14-7-5-4-6-8-14/h9-11,13H,4-8H2,1-3H3/t13-/m1/s1. The number of thiophene rings is 1. The van der Waals surface area contributed by atoms with Crippen LogP contribution in [-0.2, 0) is 4.79 Å². The molecule has 0 unspecified atom stereocenters. The van der Waals surface area contributed by atoms with Crippen molar-refractivity contribution in [2.45, 2.75) is 52.0 Å². The first-order valence-corrected chi connectivity index (χ1v) is 7.92. The largest absolute Gasteiger partial charge is 0.335 e. The van der Waals surface area contributed by atoms with Gasteiger partial charge in [0, 0.05) is 22.9 Å². The molecule has 1 heterocycles. The van der Waals surface area contributed by atoms with Gasteiger partial charge in [0.1, 0.15) is 0 Å². The summed E-state index contributed by atoms with van der Waals surface area (Å²) in [5.74, 6) is 0.149. The van der Waals surface area contributed by atoms with Crippen molar-refractivity contribution in [1.29, 1.82) is 0 Å². The zero-order valence-corrected chi connectivity index (χ0v) is 12.9. The van der Waals surface area contributed by atoms with Gasteiger partial charge in [-0.15, -0.1) is 11.3 Å². The average molecular weight is 277 g/mol. The molecule has 0 spiro atoms. The summed E-state index contributed by atoms with van der Waals surface area (Å²) >= 11 is 1.77. The predicted octanol–water partition coefficient (Wildman–Crippen LogP) is 4.47. The molecule has 1 saturated carbocycles. The third-order valence-electron chi connectivity index (χ3n) is 3.92. The SMILES string of the molecule is Cc1ccc([C@@H](C)N(C)C(=O)C=C2CCCCC2)s1. The normalized spacial score (nSPS) is 17.1. The number of hydrogen-bond acceptors (Lipinski definition) is 2. The zero-order valence-electron chi connectivity index (χ0n) is 12.1. The summed E-state index contributed by atoms with van der Waals surface area (Å²) in [4.78, 5) is 16.7. The van der Waals surface area contributed by atoms with Gasteiger partial charge in [0.15, 0.2) is 0 Å². The van der Waals surface area contributed by atoms with E-state index in [-0.39, 0.29) is 11.9 Å². The quantitative estimate of drug-likeness (QED) is 0.747. The molecule has 1 aliphatic rings. The Bertz CT molecular complexity index is 467. The molecule has 0 aliphatic heterocycles. The fourth-order valence-corrected chi connectivity index (χ4v) is 3.46. The summed E-state index contributed by atoms with van der Waals surface area (Å²) in [5, 5.41) is 0. The monoisotopic (exact) mass is 277 g/mol. The van der Waals surface area contributed by atoms with Gasteiger partial charge >= 0.3 is 0 Å². The summed E-state index contributed by atoms with van der Waals surface area (Å²) in [6.45, 7) is 4.20. The lowest BCUT2D eigenvalue weighted by molar-refractivity contribution is -0.126. The highest BCUT2D eigenvalue weighted by Crippen LogP contribution is 2.27.